The summed E-state index contributed by atoms with van der Waals surface area (Å²) in [6.07, 6.45) is -3.12. The summed E-state index contributed by atoms with van der Waals surface area (Å²) in [6, 6.07) is 4.62. The maximum absolute atomic E-state index is 12.3. The van der Waals surface area contributed by atoms with Crippen LogP contribution < -0.4 is 0 Å². The number of alkyl halides is 3. The van der Waals surface area contributed by atoms with Crippen LogP contribution in [0, 0.1) is 0 Å². The number of carbonyl (C=O) groups is 1. The highest BCUT2D eigenvalue weighted by Gasteiger charge is 2.50. The van der Waals surface area contributed by atoms with Crippen molar-refractivity contribution in [3.05, 3.63) is 35.4 Å². The van der Waals surface area contributed by atoms with E-state index in [9.17, 15) is 18.0 Å². The van der Waals surface area contributed by atoms with E-state index in [1.165, 1.54) is 12.1 Å². The Bertz CT molecular complexity index is 418. The van der Waals surface area contributed by atoms with Crippen molar-refractivity contribution in [1.29, 1.82) is 0 Å². The predicted molar refractivity (Wildman–Crippen MR) is 53.2 cm³/mol. The summed E-state index contributed by atoms with van der Waals surface area (Å²) in [6.45, 7) is 0. The van der Waals surface area contributed by atoms with Gasteiger partial charge in [-0.25, -0.2) is 0 Å². The van der Waals surface area contributed by atoms with Gasteiger partial charge in [-0.3, -0.25) is 4.79 Å². The summed E-state index contributed by atoms with van der Waals surface area (Å²) < 4.78 is 36.9. The van der Waals surface area contributed by atoms with Gasteiger partial charge in [0, 0.05) is 0 Å². The van der Waals surface area contributed by atoms with Gasteiger partial charge >= 0.3 is 6.18 Å². The first-order chi connectivity index (χ1) is 7.36. The molecule has 0 bridgehead atoms. The zero-order valence-corrected chi connectivity index (χ0v) is 8.90. The molecule has 0 N–H and O–H groups in total. The zero-order chi connectivity index (χ0) is 12.0. The van der Waals surface area contributed by atoms with E-state index in [1.807, 2.05) is 0 Å². The summed E-state index contributed by atoms with van der Waals surface area (Å²) in [5, 5.41) is -0.493. The molecule has 1 aliphatic carbocycles. The molecule has 0 aliphatic heterocycles. The third-order valence-corrected chi connectivity index (χ3v) is 3.25. The maximum Gasteiger partial charge on any atom is 0.416 e. The number of carbonyl (C=O) groups excluding carboxylic acids is 1. The minimum atomic E-state index is -4.35. The normalized spacial score (nSPS) is 18.2. The maximum atomic E-state index is 12.3. The van der Waals surface area contributed by atoms with Crippen LogP contribution >= 0.6 is 11.6 Å². The Balaban J connectivity index is 2.31. The van der Waals surface area contributed by atoms with E-state index >= 15 is 0 Å². The van der Waals surface area contributed by atoms with E-state index in [4.69, 9.17) is 11.6 Å². The first-order valence-electron chi connectivity index (χ1n) is 4.74. The van der Waals surface area contributed by atoms with Gasteiger partial charge in [-0.15, -0.1) is 0 Å². The van der Waals surface area contributed by atoms with Crippen LogP contribution in [0.25, 0.3) is 0 Å². The highest BCUT2D eigenvalue weighted by atomic mass is 35.5. The molecule has 5 heteroatoms. The van der Waals surface area contributed by atoms with Gasteiger partial charge in [0.1, 0.15) is 0 Å². The second-order valence-electron chi connectivity index (χ2n) is 3.93. The average molecular weight is 249 g/mol. The number of rotatable bonds is 2. The molecule has 0 heterocycles. The fourth-order valence-corrected chi connectivity index (χ4v) is 2.00. The molecule has 2 rings (SSSR count). The summed E-state index contributed by atoms with van der Waals surface area (Å²) in [5.74, 6) is 0. The highest BCUT2D eigenvalue weighted by Crippen LogP contribution is 2.50. The van der Waals surface area contributed by atoms with Crippen LogP contribution in [-0.4, -0.2) is 5.24 Å². The number of benzene rings is 1. The molecule has 0 radical (unpaired) electrons. The minimum absolute atomic E-state index is 0.493. The smallest absolute Gasteiger partial charge is 0.280 e. The van der Waals surface area contributed by atoms with E-state index in [1.54, 1.807) is 0 Å². The molecule has 0 spiro atoms. The summed E-state index contributed by atoms with van der Waals surface area (Å²) in [7, 11) is 0. The average Bonchev–Trinajstić information content (AvgIpc) is 2.97. The van der Waals surface area contributed by atoms with Crippen molar-refractivity contribution >= 4 is 16.8 Å². The zero-order valence-electron chi connectivity index (χ0n) is 8.14. The largest absolute Gasteiger partial charge is 0.416 e. The molecule has 0 amide bonds. The van der Waals surface area contributed by atoms with Gasteiger partial charge in [0.25, 0.3) is 0 Å². The van der Waals surface area contributed by atoms with E-state index in [-0.39, 0.29) is 0 Å². The van der Waals surface area contributed by atoms with E-state index in [0.717, 1.165) is 12.1 Å². The molecule has 0 aromatic heterocycles. The summed E-state index contributed by atoms with van der Waals surface area (Å²) >= 11 is 5.44. The quantitative estimate of drug-likeness (QED) is 0.732. The third kappa shape index (κ3) is 1.82. The topological polar surface area (TPSA) is 17.1 Å². The second-order valence-corrected chi connectivity index (χ2v) is 4.27. The van der Waals surface area contributed by atoms with Crippen LogP contribution in [0.5, 0.6) is 0 Å². The summed E-state index contributed by atoms with van der Waals surface area (Å²) in [4.78, 5) is 11.2. The predicted octanol–water partition coefficient (Wildman–Crippen LogP) is 3.50. The van der Waals surface area contributed by atoms with Crippen LogP contribution in [0.2, 0.25) is 0 Å². The lowest BCUT2D eigenvalue weighted by Crippen LogP contribution is -2.15. The second kappa shape index (κ2) is 3.48. The SMILES string of the molecule is O=C(Cl)C1(c2ccc(C(F)(F)F)cc2)CC1. The molecule has 0 atom stereocenters. The third-order valence-electron chi connectivity index (χ3n) is 2.89. The van der Waals surface area contributed by atoms with Crippen molar-refractivity contribution in [2.45, 2.75) is 24.4 Å². The monoisotopic (exact) mass is 248 g/mol. The van der Waals surface area contributed by atoms with Crippen LogP contribution in [0.1, 0.15) is 24.0 Å². The number of halogens is 4. The van der Waals surface area contributed by atoms with Gasteiger partial charge in [0.15, 0.2) is 0 Å². The first-order valence-corrected chi connectivity index (χ1v) is 5.12. The van der Waals surface area contributed by atoms with Gasteiger partial charge in [-0.2, -0.15) is 13.2 Å². The Labute approximate surface area is 95.2 Å². The molecule has 0 saturated heterocycles. The van der Waals surface area contributed by atoms with Crippen molar-refractivity contribution in [2.24, 2.45) is 0 Å². The molecule has 1 fully saturated rings. The Kier molecular flexibility index (Phi) is 2.49. The van der Waals surface area contributed by atoms with E-state index in [2.05, 4.69) is 0 Å². The van der Waals surface area contributed by atoms with Gasteiger partial charge in [0.05, 0.1) is 11.0 Å². The van der Waals surface area contributed by atoms with Gasteiger partial charge in [-0.1, -0.05) is 12.1 Å². The highest BCUT2D eigenvalue weighted by molar-refractivity contribution is 6.66. The summed E-state index contributed by atoms with van der Waals surface area (Å²) in [5.41, 5.74) is -0.874. The lowest BCUT2D eigenvalue weighted by molar-refractivity contribution is -0.137. The van der Waals surface area contributed by atoms with Gasteiger partial charge < -0.3 is 0 Å². The molecule has 0 unspecified atom stereocenters. The van der Waals surface area contributed by atoms with Crippen molar-refractivity contribution in [3.63, 3.8) is 0 Å². The fraction of sp³-hybridized carbons (Fsp3) is 0.364. The molecule has 1 aromatic carbocycles. The number of hydrogen-bond donors (Lipinski definition) is 0. The van der Waals surface area contributed by atoms with Crippen LogP contribution in [0.3, 0.4) is 0 Å². The van der Waals surface area contributed by atoms with Crippen LogP contribution in [0.4, 0.5) is 13.2 Å². The Morgan fingerprint density at radius 1 is 1.19 bits per heavy atom. The molecule has 1 saturated carbocycles. The van der Waals surface area contributed by atoms with Crippen LogP contribution in [-0.2, 0) is 16.4 Å². The Hall–Kier alpha value is -1.03. The minimum Gasteiger partial charge on any atom is -0.280 e. The first kappa shape index (κ1) is 11.5. The Morgan fingerprint density at radius 2 is 1.69 bits per heavy atom. The van der Waals surface area contributed by atoms with E-state index < -0.39 is 22.4 Å². The Morgan fingerprint density at radius 3 is 2.00 bits per heavy atom. The van der Waals surface area contributed by atoms with Crippen molar-refractivity contribution in [1.82, 2.24) is 0 Å². The lowest BCUT2D eigenvalue weighted by Gasteiger charge is -2.12. The molecule has 16 heavy (non-hydrogen) atoms. The van der Waals surface area contributed by atoms with Crippen molar-refractivity contribution < 1.29 is 18.0 Å². The standard InChI is InChI=1S/C11H8ClF3O/c12-9(16)10(5-6-10)7-1-3-8(4-2-7)11(13,14)15/h1-4H,5-6H2. The molecule has 1 nitrogen and oxygen atoms in total. The van der Waals surface area contributed by atoms with Crippen molar-refractivity contribution in [3.8, 4) is 0 Å². The number of hydrogen-bond acceptors (Lipinski definition) is 1. The van der Waals surface area contributed by atoms with E-state index in [0.29, 0.717) is 18.4 Å². The molecule has 1 aromatic rings. The molecule has 1 aliphatic rings. The van der Waals surface area contributed by atoms with Gasteiger partial charge in [-0.05, 0) is 42.1 Å². The van der Waals surface area contributed by atoms with Crippen molar-refractivity contribution in [2.75, 3.05) is 0 Å². The lowest BCUT2D eigenvalue weighted by atomic mass is 9.96. The fourth-order valence-electron chi connectivity index (χ4n) is 1.70. The van der Waals surface area contributed by atoms with Gasteiger partial charge in [0.2, 0.25) is 5.24 Å². The molecular formula is C11H8ClF3O. The van der Waals surface area contributed by atoms with Crippen LogP contribution in [0.15, 0.2) is 24.3 Å². The molecular weight excluding hydrogens is 241 g/mol. The molecule has 86 valence electrons.